The average Bonchev–Trinajstić information content (AvgIpc) is 2.25. The fourth-order valence-electron chi connectivity index (χ4n) is 1.94. The number of nitrogens with one attached hydrogen (secondary N) is 1. The molecule has 96 valence electrons. The Kier molecular flexibility index (Phi) is 6.32. The highest BCUT2D eigenvalue weighted by Gasteiger charge is 2.18. The molecule has 0 bridgehead atoms. The number of hydrogen-bond donors (Lipinski definition) is 1. The molecule has 0 saturated carbocycles. The molecule has 0 aliphatic carbocycles. The van der Waals surface area contributed by atoms with Crippen LogP contribution in [0.25, 0.3) is 0 Å². The predicted octanol–water partition coefficient (Wildman–Crippen LogP) is 4.73. The van der Waals surface area contributed by atoms with Gasteiger partial charge in [-0.25, -0.2) is 0 Å². The summed E-state index contributed by atoms with van der Waals surface area (Å²) < 4.78 is 0. The van der Waals surface area contributed by atoms with Crippen molar-refractivity contribution in [2.75, 3.05) is 13.1 Å². The first-order valence-corrected chi connectivity index (χ1v) is 6.97. The molecule has 0 spiro atoms. The van der Waals surface area contributed by atoms with Gasteiger partial charge >= 0.3 is 0 Å². The van der Waals surface area contributed by atoms with Crippen LogP contribution in [-0.4, -0.2) is 13.1 Å². The second kappa shape index (κ2) is 7.25. The van der Waals surface area contributed by atoms with E-state index in [0.29, 0.717) is 16.9 Å². The van der Waals surface area contributed by atoms with E-state index in [-0.39, 0.29) is 0 Å². The first kappa shape index (κ1) is 14.8. The molecular weight excluding hydrogens is 253 g/mol. The smallest absolute Gasteiger partial charge is 0.0456 e. The van der Waals surface area contributed by atoms with Gasteiger partial charge in [0, 0.05) is 22.5 Å². The van der Waals surface area contributed by atoms with Crippen LogP contribution < -0.4 is 5.32 Å². The van der Waals surface area contributed by atoms with Gasteiger partial charge in [-0.3, -0.25) is 0 Å². The molecule has 0 saturated heterocycles. The standard InChI is InChI=1S/C14H21Cl2N/c1-4-7-17-9-13(10(2)3)12-6-5-11(15)8-14(12)16/h5-6,8,10,13,17H,4,7,9H2,1-3H3. The van der Waals surface area contributed by atoms with Crippen LogP contribution in [0, 0.1) is 5.92 Å². The Hall–Kier alpha value is -0.240. The zero-order valence-electron chi connectivity index (χ0n) is 10.8. The molecule has 1 aromatic rings. The minimum Gasteiger partial charge on any atom is -0.316 e. The van der Waals surface area contributed by atoms with Crippen LogP contribution in [0.2, 0.25) is 10.0 Å². The molecule has 0 aliphatic heterocycles. The van der Waals surface area contributed by atoms with Crippen molar-refractivity contribution in [3.05, 3.63) is 33.8 Å². The van der Waals surface area contributed by atoms with Crippen LogP contribution in [0.4, 0.5) is 0 Å². The lowest BCUT2D eigenvalue weighted by atomic mass is 9.88. The lowest BCUT2D eigenvalue weighted by Gasteiger charge is -2.23. The largest absolute Gasteiger partial charge is 0.316 e. The summed E-state index contributed by atoms with van der Waals surface area (Å²) in [6.45, 7) is 8.64. The molecule has 0 fully saturated rings. The quantitative estimate of drug-likeness (QED) is 0.739. The van der Waals surface area contributed by atoms with E-state index in [4.69, 9.17) is 23.2 Å². The van der Waals surface area contributed by atoms with Gasteiger partial charge in [-0.1, -0.05) is 50.0 Å². The van der Waals surface area contributed by atoms with E-state index in [1.54, 1.807) is 0 Å². The zero-order valence-corrected chi connectivity index (χ0v) is 12.3. The van der Waals surface area contributed by atoms with Gasteiger partial charge < -0.3 is 5.32 Å². The summed E-state index contributed by atoms with van der Waals surface area (Å²) in [6, 6.07) is 5.79. The van der Waals surface area contributed by atoms with Crippen molar-refractivity contribution in [2.24, 2.45) is 5.92 Å². The molecule has 17 heavy (non-hydrogen) atoms. The van der Waals surface area contributed by atoms with E-state index in [9.17, 15) is 0 Å². The Morgan fingerprint density at radius 1 is 1.24 bits per heavy atom. The minimum absolute atomic E-state index is 0.436. The monoisotopic (exact) mass is 273 g/mol. The van der Waals surface area contributed by atoms with Crippen molar-refractivity contribution in [1.29, 1.82) is 0 Å². The molecule has 1 rings (SSSR count). The van der Waals surface area contributed by atoms with Crippen LogP contribution >= 0.6 is 23.2 Å². The Balaban J connectivity index is 2.82. The van der Waals surface area contributed by atoms with Crippen molar-refractivity contribution in [3.63, 3.8) is 0 Å². The summed E-state index contributed by atoms with van der Waals surface area (Å²) in [5.41, 5.74) is 1.19. The molecule has 1 N–H and O–H groups in total. The third kappa shape index (κ3) is 4.50. The van der Waals surface area contributed by atoms with E-state index in [0.717, 1.165) is 24.5 Å². The maximum atomic E-state index is 6.27. The number of rotatable bonds is 6. The third-order valence-electron chi connectivity index (χ3n) is 2.96. The van der Waals surface area contributed by atoms with E-state index in [2.05, 4.69) is 26.1 Å². The zero-order chi connectivity index (χ0) is 12.8. The second-order valence-electron chi connectivity index (χ2n) is 4.72. The average molecular weight is 274 g/mol. The van der Waals surface area contributed by atoms with Gasteiger partial charge in [-0.05, 0) is 36.6 Å². The van der Waals surface area contributed by atoms with Crippen LogP contribution in [-0.2, 0) is 0 Å². The van der Waals surface area contributed by atoms with Gasteiger partial charge in [-0.15, -0.1) is 0 Å². The molecule has 1 atom stereocenters. The lowest BCUT2D eigenvalue weighted by Crippen LogP contribution is -2.25. The van der Waals surface area contributed by atoms with Crippen molar-refractivity contribution in [1.82, 2.24) is 5.32 Å². The summed E-state index contributed by atoms with van der Waals surface area (Å²) >= 11 is 12.2. The molecule has 0 heterocycles. The van der Waals surface area contributed by atoms with Crippen LogP contribution in [0.3, 0.4) is 0 Å². The minimum atomic E-state index is 0.436. The maximum absolute atomic E-state index is 6.27. The van der Waals surface area contributed by atoms with Crippen LogP contribution in [0.15, 0.2) is 18.2 Å². The SMILES string of the molecule is CCCNCC(c1ccc(Cl)cc1Cl)C(C)C. The molecule has 0 radical (unpaired) electrons. The van der Waals surface area contributed by atoms with Crippen LogP contribution in [0.5, 0.6) is 0 Å². The highest BCUT2D eigenvalue weighted by atomic mass is 35.5. The third-order valence-corrected chi connectivity index (χ3v) is 3.52. The predicted molar refractivity (Wildman–Crippen MR) is 77.2 cm³/mol. The number of halogens is 2. The van der Waals surface area contributed by atoms with Gasteiger partial charge in [0.05, 0.1) is 0 Å². The summed E-state index contributed by atoms with van der Waals surface area (Å²) in [4.78, 5) is 0. The van der Waals surface area contributed by atoms with E-state index >= 15 is 0 Å². The van der Waals surface area contributed by atoms with E-state index in [1.165, 1.54) is 5.56 Å². The van der Waals surface area contributed by atoms with E-state index in [1.807, 2.05) is 18.2 Å². The Morgan fingerprint density at radius 3 is 2.47 bits per heavy atom. The lowest BCUT2D eigenvalue weighted by molar-refractivity contribution is 0.462. The Morgan fingerprint density at radius 2 is 1.94 bits per heavy atom. The Bertz CT molecular complexity index is 350. The van der Waals surface area contributed by atoms with Crippen molar-refractivity contribution < 1.29 is 0 Å². The molecule has 1 aromatic carbocycles. The molecule has 0 aromatic heterocycles. The first-order chi connectivity index (χ1) is 8.06. The van der Waals surface area contributed by atoms with Crippen molar-refractivity contribution in [3.8, 4) is 0 Å². The van der Waals surface area contributed by atoms with E-state index < -0.39 is 0 Å². The van der Waals surface area contributed by atoms with Crippen LogP contribution in [0.1, 0.15) is 38.7 Å². The highest BCUT2D eigenvalue weighted by Crippen LogP contribution is 2.31. The molecule has 0 amide bonds. The Labute approximate surface area is 115 Å². The molecule has 3 heteroatoms. The number of benzene rings is 1. The normalized spacial score (nSPS) is 13.1. The summed E-state index contributed by atoms with van der Waals surface area (Å²) in [7, 11) is 0. The molecular formula is C14H21Cl2N. The summed E-state index contributed by atoms with van der Waals surface area (Å²) in [5.74, 6) is 0.990. The topological polar surface area (TPSA) is 12.0 Å². The highest BCUT2D eigenvalue weighted by molar-refractivity contribution is 6.35. The summed E-state index contributed by atoms with van der Waals surface area (Å²) in [6.07, 6.45) is 1.15. The maximum Gasteiger partial charge on any atom is 0.0456 e. The van der Waals surface area contributed by atoms with Crippen molar-refractivity contribution in [2.45, 2.75) is 33.1 Å². The second-order valence-corrected chi connectivity index (χ2v) is 5.56. The van der Waals surface area contributed by atoms with Gasteiger partial charge in [0.1, 0.15) is 0 Å². The molecule has 1 nitrogen and oxygen atoms in total. The first-order valence-electron chi connectivity index (χ1n) is 6.22. The fourth-order valence-corrected chi connectivity index (χ4v) is 2.49. The summed E-state index contributed by atoms with van der Waals surface area (Å²) in [5, 5.41) is 4.93. The molecule has 1 unspecified atom stereocenters. The van der Waals surface area contributed by atoms with Gasteiger partial charge in [0.2, 0.25) is 0 Å². The van der Waals surface area contributed by atoms with Crippen molar-refractivity contribution >= 4 is 23.2 Å². The fraction of sp³-hybridized carbons (Fsp3) is 0.571. The van der Waals surface area contributed by atoms with Gasteiger partial charge in [0.25, 0.3) is 0 Å². The van der Waals surface area contributed by atoms with Gasteiger partial charge in [0.15, 0.2) is 0 Å². The van der Waals surface area contributed by atoms with Gasteiger partial charge in [-0.2, -0.15) is 0 Å². The number of hydrogen-bond acceptors (Lipinski definition) is 1. The molecule has 0 aliphatic rings.